The molecule has 2 heteroatoms. The molecule has 1 aromatic carbocycles. The van der Waals surface area contributed by atoms with Crippen molar-refractivity contribution in [1.29, 1.82) is 0 Å². The molecule has 0 radical (unpaired) electrons. The van der Waals surface area contributed by atoms with Crippen LogP contribution in [0.2, 0.25) is 0 Å². The standard InChI is InChI=1S/C18H21NO/c1-11-15(12-5-3-2-4-6-12)16(11)18(20)19-17(13-7-8-13)14-9-10-14/h2-6,13-14,16-17H,7-10H2,1H3,(H,19,20)/t16-/m0/s1. The number of hydrogen-bond acceptors (Lipinski definition) is 1. The van der Waals surface area contributed by atoms with Crippen LogP contribution < -0.4 is 5.32 Å². The van der Waals surface area contributed by atoms with Gasteiger partial charge in [-0.15, -0.1) is 0 Å². The van der Waals surface area contributed by atoms with E-state index in [1.54, 1.807) is 0 Å². The van der Waals surface area contributed by atoms with Crippen molar-refractivity contribution in [3.63, 3.8) is 0 Å². The molecule has 0 spiro atoms. The third-order valence-electron chi connectivity index (χ3n) is 4.98. The highest BCUT2D eigenvalue weighted by molar-refractivity contribution is 6.06. The van der Waals surface area contributed by atoms with E-state index in [2.05, 4.69) is 24.4 Å². The van der Waals surface area contributed by atoms with Gasteiger partial charge >= 0.3 is 0 Å². The van der Waals surface area contributed by atoms with E-state index in [-0.39, 0.29) is 11.8 Å². The summed E-state index contributed by atoms with van der Waals surface area (Å²) in [5.74, 6) is 1.82. The molecular formula is C18H21NO. The molecule has 3 aliphatic rings. The van der Waals surface area contributed by atoms with Crippen LogP contribution in [0.25, 0.3) is 5.57 Å². The van der Waals surface area contributed by atoms with Gasteiger partial charge in [-0.3, -0.25) is 4.79 Å². The van der Waals surface area contributed by atoms with Gasteiger partial charge in [0.1, 0.15) is 0 Å². The summed E-state index contributed by atoms with van der Waals surface area (Å²) < 4.78 is 0. The first-order valence-electron chi connectivity index (χ1n) is 7.82. The van der Waals surface area contributed by atoms with Crippen LogP contribution in [0, 0.1) is 17.8 Å². The lowest BCUT2D eigenvalue weighted by Crippen LogP contribution is -2.39. The summed E-state index contributed by atoms with van der Waals surface area (Å²) in [6.45, 7) is 2.09. The summed E-state index contributed by atoms with van der Waals surface area (Å²) in [5.41, 5.74) is 3.70. The van der Waals surface area contributed by atoms with Crippen molar-refractivity contribution in [3.8, 4) is 0 Å². The SMILES string of the molecule is CC1=C(c2ccccc2)[C@H]1C(=O)NC(C1CC1)C1CC1. The zero-order valence-corrected chi connectivity index (χ0v) is 11.9. The van der Waals surface area contributed by atoms with Gasteiger partial charge < -0.3 is 5.32 Å². The lowest BCUT2D eigenvalue weighted by Gasteiger charge is -2.18. The third-order valence-corrected chi connectivity index (χ3v) is 4.98. The van der Waals surface area contributed by atoms with E-state index in [9.17, 15) is 4.79 Å². The molecule has 1 amide bonds. The zero-order valence-electron chi connectivity index (χ0n) is 11.9. The van der Waals surface area contributed by atoms with Crippen LogP contribution in [0.15, 0.2) is 35.9 Å². The van der Waals surface area contributed by atoms with Gasteiger partial charge in [0, 0.05) is 6.04 Å². The normalized spacial score (nSPS) is 25.0. The first kappa shape index (κ1) is 12.2. The largest absolute Gasteiger partial charge is 0.352 e. The van der Waals surface area contributed by atoms with E-state index in [1.807, 2.05) is 18.2 Å². The van der Waals surface area contributed by atoms with E-state index in [0.29, 0.717) is 6.04 Å². The van der Waals surface area contributed by atoms with Crippen molar-refractivity contribution in [2.45, 2.75) is 38.6 Å². The predicted molar refractivity (Wildman–Crippen MR) is 79.9 cm³/mol. The Morgan fingerprint density at radius 1 is 1.10 bits per heavy atom. The molecule has 1 aromatic rings. The molecule has 0 aliphatic heterocycles. The summed E-state index contributed by atoms with van der Waals surface area (Å²) >= 11 is 0. The van der Waals surface area contributed by atoms with E-state index in [0.717, 1.165) is 11.8 Å². The minimum absolute atomic E-state index is 0.0393. The molecule has 0 aromatic heterocycles. The van der Waals surface area contributed by atoms with Gasteiger partial charge in [0.25, 0.3) is 0 Å². The Morgan fingerprint density at radius 2 is 1.70 bits per heavy atom. The summed E-state index contributed by atoms with van der Waals surface area (Å²) in [6, 6.07) is 10.8. The quantitative estimate of drug-likeness (QED) is 0.870. The molecule has 0 unspecified atom stereocenters. The molecule has 0 heterocycles. The van der Waals surface area contributed by atoms with Crippen molar-refractivity contribution in [2.24, 2.45) is 17.8 Å². The van der Waals surface area contributed by atoms with Crippen molar-refractivity contribution < 1.29 is 4.79 Å². The van der Waals surface area contributed by atoms with Gasteiger partial charge in [0.2, 0.25) is 5.91 Å². The Balaban J connectivity index is 1.43. The maximum Gasteiger partial charge on any atom is 0.231 e. The van der Waals surface area contributed by atoms with Crippen LogP contribution in [0.1, 0.15) is 38.2 Å². The maximum atomic E-state index is 12.5. The lowest BCUT2D eigenvalue weighted by molar-refractivity contribution is -0.122. The smallest absolute Gasteiger partial charge is 0.231 e. The van der Waals surface area contributed by atoms with Gasteiger partial charge in [0.15, 0.2) is 0 Å². The first-order chi connectivity index (χ1) is 9.75. The molecule has 104 valence electrons. The van der Waals surface area contributed by atoms with Crippen LogP contribution in [0.4, 0.5) is 0 Å². The van der Waals surface area contributed by atoms with E-state index < -0.39 is 0 Å². The second-order valence-electron chi connectivity index (χ2n) is 6.60. The number of nitrogens with one attached hydrogen (secondary N) is 1. The number of benzene rings is 1. The van der Waals surface area contributed by atoms with Crippen LogP contribution in [0.5, 0.6) is 0 Å². The van der Waals surface area contributed by atoms with Crippen LogP contribution in [-0.2, 0) is 4.79 Å². The van der Waals surface area contributed by atoms with Gasteiger partial charge in [-0.1, -0.05) is 35.9 Å². The van der Waals surface area contributed by atoms with E-state index in [4.69, 9.17) is 0 Å². The number of rotatable bonds is 5. The van der Waals surface area contributed by atoms with Gasteiger partial charge in [-0.25, -0.2) is 0 Å². The summed E-state index contributed by atoms with van der Waals surface area (Å²) in [7, 11) is 0. The molecule has 20 heavy (non-hydrogen) atoms. The van der Waals surface area contributed by atoms with Gasteiger partial charge in [0.05, 0.1) is 5.92 Å². The average Bonchev–Trinajstić information content (AvgIpc) is 3.33. The van der Waals surface area contributed by atoms with Crippen LogP contribution in [-0.4, -0.2) is 11.9 Å². The summed E-state index contributed by atoms with van der Waals surface area (Å²) in [6.07, 6.45) is 5.24. The number of amides is 1. The Labute approximate surface area is 120 Å². The molecule has 1 N–H and O–H groups in total. The highest BCUT2D eigenvalue weighted by Gasteiger charge is 2.46. The molecule has 4 rings (SSSR count). The fraction of sp³-hybridized carbons (Fsp3) is 0.500. The predicted octanol–water partition coefficient (Wildman–Crippen LogP) is 3.39. The molecular weight excluding hydrogens is 246 g/mol. The second kappa shape index (κ2) is 4.47. The number of carbonyl (C=O) groups excluding carboxylic acids is 1. The Hall–Kier alpha value is -1.57. The molecule has 2 saturated carbocycles. The van der Waals surface area contributed by atoms with E-state index in [1.165, 1.54) is 42.4 Å². The molecule has 2 nitrogen and oxygen atoms in total. The average molecular weight is 267 g/mol. The zero-order chi connectivity index (χ0) is 13.7. The summed E-state index contributed by atoms with van der Waals surface area (Å²) in [5, 5.41) is 3.35. The fourth-order valence-corrected chi connectivity index (χ4v) is 3.45. The van der Waals surface area contributed by atoms with Crippen molar-refractivity contribution in [1.82, 2.24) is 5.32 Å². The number of hydrogen-bond donors (Lipinski definition) is 1. The monoisotopic (exact) mass is 267 g/mol. The molecule has 0 saturated heterocycles. The molecule has 3 aliphatic carbocycles. The minimum atomic E-state index is 0.0393. The Kier molecular flexibility index (Phi) is 2.73. The summed E-state index contributed by atoms with van der Waals surface area (Å²) in [4.78, 5) is 12.5. The minimum Gasteiger partial charge on any atom is -0.352 e. The topological polar surface area (TPSA) is 29.1 Å². The molecule has 2 fully saturated rings. The Bertz CT molecular complexity index is 554. The lowest BCUT2D eigenvalue weighted by atomic mass is 10.1. The highest BCUT2D eigenvalue weighted by atomic mass is 16.2. The van der Waals surface area contributed by atoms with Crippen molar-refractivity contribution in [3.05, 3.63) is 41.5 Å². The Morgan fingerprint density at radius 3 is 2.25 bits per heavy atom. The van der Waals surface area contributed by atoms with Crippen molar-refractivity contribution in [2.75, 3.05) is 0 Å². The molecule has 1 atom stereocenters. The second-order valence-corrected chi connectivity index (χ2v) is 6.60. The fourth-order valence-electron chi connectivity index (χ4n) is 3.45. The van der Waals surface area contributed by atoms with E-state index >= 15 is 0 Å². The molecule has 0 bridgehead atoms. The van der Waals surface area contributed by atoms with Crippen LogP contribution in [0.3, 0.4) is 0 Å². The first-order valence-corrected chi connectivity index (χ1v) is 7.82. The van der Waals surface area contributed by atoms with Gasteiger partial charge in [-0.05, 0) is 55.6 Å². The van der Waals surface area contributed by atoms with Crippen molar-refractivity contribution >= 4 is 11.5 Å². The number of carbonyl (C=O) groups is 1. The maximum absolute atomic E-state index is 12.5. The third kappa shape index (κ3) is 2.17. The van der Waals surface area contributed by atoms with Gasteiger partial charge in [-0.2, -0.15) is 0 Å². The van der Waals surface area contributed by atoms with Crippen LogP contribution >= 0.6 is 0 Å². The highest BCUT2D eigenvalue weighted by Crippen LogP contribution is 2.48.